The standard InChI is InChI=1S/C21H24F2N3O7P/c1-4-13-5-7-14(8-6-13)18(27)24-16-9-10-26(20(28)25-16)19-21(22,23)17-15(31-19)11-30-34(29,33-17)32-12(2)3/h5-10,12,15,17,19H,4,11H2,1-3H3,(H,24,25,27,28)/t15-,17-,19?,34?/m1/s1. The number of benzene rings is 1. The van der Waals surface area contributed by atoms with Crippen molar-refractivity contribution in [1.29, 1.82) is 0 Å². The number of hydrogen-bond donors (Lipinski definition) is 1. The summed E-state index contributed by atoms with van der Waals surface area (Å²) in [5.41, 5.74) is 0.324. The maximum absolute atomic E-state index is 15.1. The van der Waals surface area contributed by atoms with Gasteiger partial charge in [-0.3, -0.25) is 22.9 Å². The van der Waals surface area contributed by atoms with E-state index in [-0.39, 0.29) is 5.82 Å². The number of phosphoric ester groups is 1. The minimum absolute atomic E-state index is 0.112. The van der Waals surface area contributed by atoms with Gasteiger partial charge in [0, 0.05) is 11.8 Å². The van der Waals surface area contributed by atoms with Gasteiger partial charge in [-0.2, -0.15) is 13.8 Å². The summed E-state index contributed by atoms with van der Waals surface area (Å²) >= 11 is 0. The molecule has 13 heteroatoms. The smallest absolute Gasteiger partial charge is 0.343 e. The molecule has 2 aliphatic heterocycles. The van der Waals surface area contributed by atoms with Gasteiger partial charge in [0.05, 0.1) is 12.7 Å². The van der Waals surface area contributed by atoms with E-state index in [4.69, 9.17) is 18.3 Å². The Labute approximate surface area is 193 Å². The first-order valence-corrected chi connectivity index (χ1v) is 12.1. The molecule has 0 saturated carbocycles. The molecule has 1 aromatic heterocycles. The van der Waals surface area contributed by atoms with E-state index in [1.54, 1.807) is 38.1 Å². The average molecular weight is 499 g/mol. The number of aryl methyl sites for hydroxylation is 1. The molecule has 3 heterocycles. The van der Waals surface area contributed by atoms with Gasteiger partial charge in [0.2, 0.25) is 6.23 Å². The molecule has 0 radical (unpaired) electrons. The number of rotatable bonds is 6. The van der Waals surface area contributed by atoms with Crippen LogP contribution in [0.25, 0.3) is 0 Å². The summed E-state index contributed by atoms with van der Waals surface area (Å²) < 4.78 is 63.8. The minimum Gasteiger partial charge on any atom is -0.343 e. The number of phosphoric acid groups is 1. The second-order valence-corrected chi connectivity index (χ2v) is 9.71. The first-order chi connectivity index (χ1) is 16.0. The van der Waals surface area contributed by atoms with Crippen molar-refractivity contribution in [3.63, 3.8) is 0 Å². The zero-order valence-corrected chi connectivity index (χ0v) is 19.5. The van der Waals surface area contributed by atoms with Gasteiger partial charge in [0.25, 0.3) is 5.91 Å². The highest BCUT2D eigenvalue weighted by molar-refractivity contribution is 7.48. The maximum atomic E-state index is 15.1. The van der Waals surface area contributed by atoms with Crippen molar-refractivity contribution in [1.82, 2.24) is 9.55 Å². The molecule has 4 atom stereocenters. The molecule has 0 aliphatic carbocycles. The minimum atomic E-state index is -4.22. The van der Waals surface area contributed by atoms with E-state index in [1.165, 1.54) is 6.07 Å². The average Bonchev–Trinajstić information content (AvgIpc) is 3.03. The van der Waals surface area contributed by atoms with Crippen molar-refractivity contribution in [3.8, 4) is 0 Å². The molecule has 10 nitrogen and oxygen atoms in total. The number of nitrogens with one attached hydrogen (secondary N) is 1. The number of carbonyl (C=O) groups is 1. The van der Waals surface area contributed by atoms with Crippen LogP contribution >= 0.6 is 7.82 Å². The number of alkyl halides is 2. The Morgan fingerprint density at radius 3 is 2.65 bits per heavy atom. The number of nitrogens with zero attached hydrogens (tertiary/aromatic N) is 2. The fourth-order valence-corrected chi connectivity index (χ4v) is 5.19. The lowest BCUT2D eigenvalue weighted by Crippen LogP contribution is -2.45. The van der Waals surface area contributed by atoms with Crippen LogP contribution in [-0.4, -0.2) is 46.3 Å². The lowest BCUT2D eigenvalue weighted by Gasteiger charge is -2.32. The van der Waals surface area contributed by atoms with Gasteiger partial charge in [-0.05, 0) is 44.0 Å². The molecule has 4 rings (SSSR count). The topological polar surface area (TPSA) is 118 Å². The summed E-state index contributed by atoms with van der Waals surface area (Å²) in [4.78, 5) is 28.6. The highest BCUT2D eigenvalue weighted by Crippen LogP contribution is 2.60. The molecule has 0 spiro atoms. The summed E-state index contributed by atoms with van der Waals surface area (Å²) in [6.07, 6.45) is -4.05. The van der Waals surface area contributed by atoms with Gasteiger partial charge in [-0.1, -0.05) is 19.1 Å². The lowest BCUT2D eigenvalue weighted by molar-refractivity contribution is -0.139. The van der Waals surface area contributed by atoms with Gasteiger partial charge in [-0.25, -0.2) is 9.36 Å². The van der Waals surface area contributed by atoms with E-state index in [0.29, 0.717) is 10.1 Å². The number of amides is 1. The second kappa shape index (κ2) is 9.27. The van der Waals surface area contributed by atoms with Gasteiger partial charge in [-0.15, -0.1) is 0 Å². The molecule has 2 saturated heterocycles. The lowest BCUT2D eigenvalue weighted by atomic mass is 10.1. The zero-order valence-electron chi connectivity index (χ0n) is 18.6. The number of fused-ring (bicyclic) bond motifs is 1. The fourth-order valence-electron chi connectivity index (χ4n) is 3.62. The molecule has 2 fully saturated rings. The molecular formula is C21H24F2N3O7P. The van der Waals surface area contributed by atoms with Crippen LogP contribution in [0.1, 0.15) is 42.9 Å². The number of carbonyl (C=O) groups excluding carboxylic acids is 1. The Bertz CT molecular complexity index is 1170. The number of ether oxygens (including phenoxy) is 1. The third-order valence-corrected chi connectivity index (χ3v) is 6.91. The van der Waals surface area contributed by atoms with Crippen LogP contribution in [0.4, 0.5) is 14.6 Å². The van der Waals surface area contributed by atoms with E-state index in [1.807, 2.05) is 6.92 Å². The summed E-state index contributed by atoms with van der Waals surface area (Å²) in [7, 11) is -4.22. The van der Waals surface area contributed by atoms with Crippen LogP contribution in [0.15, 0.2) is 41.3 Å². The quantitative estimate of drug-likeness (QED) is 0.600. The van der Waals surface area contributed by atoms with E-state index in [0.717, 1.165) is 18.2 Å². The largest absolute Gasteiger partial charge is 0.475 e. The van der Waals surface area contributed by atoms with Gasteiger partial charge < -0.3 is 10.1 Å². The summed E-state index contributed by atoms with van der Waals surface area (Å²) in [5.74, 6) is -4.37. The van der Waals surface area contributed by atoms with Crippen molar-refractivity contribution in [3.05, 3.63) is 58.1 Å². The molecule has 34 heavy (non-hydrogen) atoms. The van der Waals surface area contributed by atoms with Crippen molar-refractivity contribution in [2.24, 2.45) is 0 Å². The highest BCUT2D eigenvalue weighted by Gasteiger charge is 2.65. The summed E-state index contributed by atoms with van der Waals surface area (Å²) in [6.45, 7) is 4.62. The molecule has 1 amide bonds. The Morgan fingerprint density at radius 1 is 1.32 bits per heavy atom. The predicted octanol–water partition coefficient (Wildman–Crippen LogP) is 3.54. The van der Waals surface area contributed by atoms with Crippen molar-refractivity contribution < 1.29 is 36.4 Å². The maximum Gasteiger partial charge on any atom is 0.475 e. The molecule has 1 N–H and O–H groups in total. The van der Waals surface area contributed by atoms with Crippen LogP contribution in [0.3, 0.4) is 0 Å². The number of hydrogen-bond acceptors (Lipinski definition) is 8. The Kier molecular flexibility index (Phi) is 6.71. The monoisotopic (exact) mass is 499 g/mol. The van der Waals surface area contributed by atoms with Crippen molar-refractivity contribution in [2.45, 2.75) is 57.7 Å². The zero-order chi connectivity index (χ0) is 24.7. The molecule has 2 unspecified atom stereocenters. The summed E-state index contributed by atoms with van der Waals surface area (Å²) in [5, 5.41) is 2.46. The van der Waals surface area contributed by atoms with Crippen molar-refractivity contribution in [2.75, 3.05) is 11.9 Å². The number of aromatic nitrogens is 2. The van der Waals surface area contributed by atoms with Crippen LogP contribution in [0.2, 0.25) is 0 Å². The van der Waals surface area contributed by atoms with Gasteiger partial charge >= 0.3 is 19.4 Å². The third-order valence-electron chi connectivity index (χ3n) is 5.28. The normalized spacial score (nSPS) is 28.0. The second-order valence-electron chi connectivity index (χ2n) is 8.13. The molecule has 184 valence electrons. The van der Waals surface area contributed by atoms with Crippen LogP contribution < -0.4 is 11.0 Å². The number of halogens is 2. The van der Waals surface area contributed by atoms with E-state index in [2.05, 4.69) is 10.3 Å². The van der Waals surface area contributed by atoms with E-state index < -0.39 is 56.5 Å². The predicted molar refractivity (Wildman–Crippen MR) is 116 cm³/mol. The summed E-state index contributed by atoms with van der Waals surface area (Å²) in [6, 6.07) is 8.07. The fraction of sp³-hybridized carbons (Fsp3) is 0.476. The molecule has 2 aliphatic rings. The Hall–Kier alpha value is -2.50. The van der Waals surface area contributed by atoms with E-state index in [9.17, 15) is 14.2 Å². The molecule has 0 bridgehead atoms. The molecular weight excluding hydrogens is 475 g/mol. The first kappa shape index (κ1) is 24.6. The van der Waals surface area contributed by atoms with Gasteiger partial charge in [0.1, 0.15) is 11.9 Å². The van der Waals surface area contributed by atoms with E-state index >= 15 is 8.78 Å². The third kappa shape index (κ3) is 4.82. The Balaban J connectivity index is 1.51. The highest BCUT2D eigenvalue weighted by atomic mass is 31.2. The van der Waals surface area contributed by atoms with Crippen LogP contribution in [0.5, 0.6) is 0 Å². The van der Waals surface area contributed by atoms with Crippen LogP contribution in [0, 0.1) is 0 Å². The SMILES string of the molecule is CCc1ccc(C(=O)Nc2ccn(C3O[C@@H]4COP(=O)(OC(C)C)O[C@H]4C3(F)F)c(=O)n2)cc1. The van der Waals surface area contributed by atoms with Crippen LogP contribution in [-0.2, 0) is 29.3 Å². The van der Waals surface area contributed by atoms with Crippen molar-refractivity contribution >= 4 is 19.5 Å². The number of anilines is 1. The van der Waals surface area contributed by atoms with Gasteiger partial charge in [0.15, 0.2) is 6.10 Å². The molecule has 1 aromatic carbocycles. The Morgan fingerprint density at radius 2 is 2.03 bits per heavy atom. The first-order valence-electron chi connectivity index (χ1n) is 10.7. The molecule has 2 aromatic rings.